The molecule has 1 fully saturated rings. The van der Waals surface area contributed by atoms with Crippen molar-refractivity contribution in [2.24, 2.45) is 5.92 Å². The predicted octanol–water partition coefficient (Wildman–Crippen LogP) is 4.72. The molecule has 2 rings (SSSR count). The molecule has 2 atom stereocenters. The fraction of sp³-hybridized carbons (Fsp3) is 0.625. The lowest BCUT2D eigenvalue weighted by Gasteiger charge is -2.54. The molecule has 1 aliphatic heterocycles. The van der Waals surface area contributed by atoms with Crippen molar-refractivity contribution >= 4 is 18.0 Å². The largest absolute Gasteiger partial charge is 0.460 e. The quantitative estimate of drug-likeness (QED) is 0.491. The minimum Gasteiger partial charge on any atom is -0.460 e. The Morgan fingerprint density at radius 1 is 1.00 bits per heavy atom. The van der Waals surface area contributed by atoms with Gasteiger partial charge in [0.25, 0.3) is 0 Å². The fourth-order valence-electron chi connectivity index (χ4n) is 3.39. The molecule has 1 heterocycles. The first-order valence-corrected chi connectivity index (χ1v) is 10.2. The van der Waals surface area contributed by atoms with Crippen LogP contribution in [-0.2, 0) is 30.4 Å². The van der Waals surface area contributed by atoms with E-state index in [4.69, 9.17) is 14.2 Å². The van der Waals surface area contributed by atoms with Gasteiger partial charge < -0.3 is 14.2 Å². The number of benzene rings is 1. The SMILES string of the molecule is C.C[C@H]1CN(C(=O)OCc2ccccc2)[C@@]1(CC(=O)OC(C)(C)C)C(=O)OC(C)(C)C. The Morgan fingerprint density at radius 3 is 2.03 bits per heavy atom. The van der Waals surface area contributed by atoms with Crippen molar-refractivity contribution in [2.45, 2.75) is 85.7 Å². The normalized spacial score (nSPS) is 20.7. The highest BCUT2D eigenvalue weighted by Gasteiger charge is 2.62. The monoisotopic (exact) mass is 435 g/mol. The maximum atomic E-state index is 13.2. The number of carbonyl (C=O) groups excluding carboxylic acids is 3. The summed E-state index contributed by atoms with van der Waals surface area (Å²) in [7, 11) is 0. The van der Waals surface area contributed by atoms with Crippen molar-refractivity contribution < 1.29 is 28.6 Å². The highest BCUT2D eigenvalue weighted by molar-refractivity contribution is 5.93. The lowest BCUT2D eigenvalue weighted by molar-refractivity contribution is -0.192. The zero-order chi connectivity index (χ0) is 22.7. The molecule has 0 bridgehead atoms. The molecular formula is C24H37NO6. The number of esters is 2. The summed E-state index contributed by atoms with van der Waals surface area (Å²) in [5, 5.41) is 0. The van der Waals surface area contributed by atoms with Gasteiger partial charge in [-0.15, -0.1) is 0 Å². The highest BCUT2D eigenvalue weighted by atomic mass is 16.6. The number of likely N-dealkylation sites (tertiary alicyclic amines) is 1. The molecule has 0 saturated carbocycles. The summed E-state index contributed by atoms with van der Waals surface area (Å²) in [4.78, 5) is 39.9. The Morgan fingerprint density at radius 2 is 1.55 bits per heavy atom. The van der Waals surface area contributed by atoms with E-state index in [2.05, 4.69) is 0 Å². The van der Waals surface area contributed by atoms with E-state index in [1.54, 1.807) is 41.5 Å². The van der Waals surface area contributed by atoms with Gasteiger partial charge in [-0.1, -0.05) is 44.7 Å². The van der Waals surface area contributed by atoms with Crippen LogP contribution in [-0.4, -0.2) is 46.2 Å². The molecule has 0 radical (unpaired) electrons. The molecule has 7 nitrogen and oxygen atoms in total. The summed E-state index contributed by atoms with van der Waals surface area (Å²) in [5.74, 6) is -1.49. The molecule has 1 aliphatic rings. The van der Waals surface area contributed by atoms with Gasteiger partial charge >= 0.3 is 18.0 Å². The van der Waals surface area contributed by atoms with Crippen molar-refractivity contribution in [2.75, 3.05) is 6.54 Å². The smallest absolute Gasteiger partial charge is 0.411 e. The highest BCUT2D eigenvalue weighted by Crippen LogP contribution is 2.42. The van der Waals surface area contributed by atoms with Crippen LogP contribution in [0.25, 0.3) is 0 Å². The molecular weight excluding hydrogens is 398 g/mol. The Kier molecular flexibility index (Phi) is 8.29. The van der Waals surface area contributed by atoms with Crippen LogP contribution in [0.4, 0.5) is 4.79 Å². The van der Waals surface area contributed by atoms with E-state index >= 15 is 0 Å². The third-order valence-electron chi connectivity index (χ3n) is 4.77. The fourth-order valence-corrected chi connectivity index (χ4v) is 3.39. The van der Waals surface area contributed by atoms with Gasteiger partial charge in [0.05, 0.1) is 6.42 Å². The summed E-state index contributed by atoms with van der Waals surface area (Å²) in [6.45, 7) is 12.7. The van der Waals surface area contributed by atoms with Crippen LogP contribution in [0, 0.1) is 5.92 Å². The van der Waals surface area contributed by atoms with Crippen LogP contribution < -0.4 is 0 Å². The molecule has 1 saturated heterocycles. The summed E-state index contributed by atoms with van der Waals surface area (Å²) in [6, 6.07) is 9.25. The minimum atomic E-state index is -1.45. The number of amides is 1. The first-order valence-electron chi connectivity index (χ1n) is 10.2. The van der Waals surface area contributed by atoms with Crippen molar-refractivity contribution in [3.63, 3.8) is 0 Å². The van der Waals surface area contributed by atoms with Gasteiger partial charge in [0.15, 0.2) is 5.54 Å². The Bertz CT molecular complexity index is 777. The van der Waals surface area contributed by atoms with Crippen molar-refractivity contribution in [1.29, 1.82) is 0 Å². The first-order chi connectivity index (χ1) is 13.7. The number of hydrogen-bond acceptors (Lipinski definition) is 6. The topological polar surface area (TPSA) is 82.1 Å². The second-order valence-corrected chi connectivity index (χ2v) is 9.74. The van der Waals surface area contributed by atoms with Crippen molar-refractivity contribution in [1.82, 2.24) is 4.90 Å². The van der Waals surface area contributed by atoms with E-state index in [-0.39, 0.29) is 32.9 Å². The number of rotatable bonds is 5. The van der Waals surface area contributed by atoms with Crippen LogP contribution >= 0.6 is 0 Å². The predicted molar refractivity (Wildman–Crippen MR) is 118 cm³/mol. The average Bonchev–Trinajstić information content (AvgIpc) is 2.59. The molecule has 0 aliphatic carbocycles. The van der Waals surface area contributed by atoms with E-state index < -0.39 is 34.8 Å². The first kappa shape index (κ1) is 26.5. The lowest BCUT2D eigenvalue weighted by atomic mass is 9.72. The van der Waals surface area contributed by atoms with Crippen LogP contribution in [0.3, 0.4) is 0 Å². The minimum absolute atomic E-state index is 0. The lowest BCUT2D eigenvalue weighted by Crippen LogP contribution is -2.73. The van der Waals surface area contributed by atoms with Crippen molar-refractivity contribution in [3.8, 4) is 0 Å². The summed E-state index contributed by atoms with van der Waals surface area (Å²) in [6.07, 6.45) is -0.952. The standard InChI is InChI=1S/C23H33NO6.CH4/c1-16-14-24(20(27)28-15-17-11-9-8-10-12-17)23(16,19(26)30-22(5,6)7)13-18(25)29-21(2,3)4;/h8-12,16H,13-15H2,1-7H3;1H4/t16-,23+;/m0./s1. The van der Waals surface area contributed by atoms with Gasteiger partial charge in [0, 0.05) is 12.5 Å². The average molecular weight is 436 g/mol. The van der Waals surface area contributed by atoms with E-state index in [9.17, 15) is 14.4 Å². The molecule has 174 valence electrons. The van der Waals surface area contributed by atoms with E-state index in [0.29, 0.717) is 0 Å². The molecule has 0 unspecified atom stereocenters. The molecule has 0 N–H and O–H groups in total. The third-order valence-corrected chi connectivity index (χ3v) is 4.77. The molecule has 7 heteroatoms. The van der Waals surface area contributed by atoms with Gasteiger partial charge in [0.1, 0.15) is 17.8 Å². The van der Waals surface area contributed by atoms with E-state index in [1.807, 2.05) is 37.3 Å². The second-order valence-electron chi connectivity index (χ2n) is 9.74. The summed E-state index contributed by atoms with van der Waals surface area (Å²) >= 11 is 0. The maximum absolute atomic E-state index is 13.2. The Hall–Kier alpha value is -2.57. The zero-order valence-corrected chi connectivity index (χ0v) is 19.0. The maximum Gasteiger partial charge on any atom is 0.411 e. The van der Waals surface area contributed by atoms with Crippen LogP contribution in [0.2, 0.25) is 0 Å². The van der Waals surface area contributed by atoms with Gasteiger partial charge in [0.2, 0.25) is 0 Å². The van der Waals surface area contributed by atoms with Crippen LogP contribution in [0.1, 0.15) is 67.9 Å². The van der Waals surface area contributed by atoms with Gasteiger partial charge in [-0.2, -0.15) is 0 Å². The van der Waals surface area contributed by atoms with Crippen molar-refractivity contribution in [3.05, 3.63) is 35.9 Å². The molecule has 31 heavy (non-hydrogen) atoms. The number of nitrogens with zero attached hydrogens (tertiary/aromatic N) is 1. The van der Waals surface area contributed by atoms with Crippen LogP contribution in [0.5, 0.6) is 0 Å². The second kappa shape index (κ2) is 9.71. The third kappa shape index (κ3) is 6.71. The Balaban J connectivity index is 0.00000480. The van der Waals surface area contributed by atoms with Gasteiger partial charge in [-0.05, 0) is 47.1 Å². The number of hydrogen-bond donors (Lipinski definition) is 0. The molecule has 1 aromatic rings. The summed E-state index contributed by atoms with van der Waals surface area (Å²) in [5.41, 5.74) is -2.11. The van der Waals surface area contributed by atoms with Crippen LogP contribution in [0.15, 0.2) is 30.3 Å². The molecule has 1 aromatic carbocycles. The molecule has 1 amide bonds. The zero-order valence-electron chi connectivity index (χ0n) is 19.0. The summed E-state index contributed by atoms with van der Waals surface area (Å²) < 4.78 is 16.4. The molecule has 0 spiro atoms. The molecule has 0 aromatic heterocycles. The number of carbonyl (C=O) groups is 3. The van der Waals surface area contributed by atoms with Gasteiger partial charge in [-0.25, -0.2) is 9.59 Å². The van der Waals surface area contributed by atoms with E-state index in [1.165, 1.54) is 4.90 Å². The van der Waals surface area contributed by atoms with Gasteiger partial charge in [-0.3, -0.25) is 9.69 Å². The Labute approximate surface area is 186 Å². The van der Waals surface area contributed by atoms with E-state index in [0.717, 1.165) is 5.56 Å². The number of ether oxygens (including phenoxy) is 3.